The number of aromatic amines is 1. The Bertz CT molecular complexity index is 1890. The van der Waals surface area contributed by atoms with Gasteiger partial charge in [0.05, 0.1) is 22.9 Å². The molecule has 2 fully saturated rings. The first-order valence-corrected chi connectivity index (χ1v) is 15.7. The van der Waals surface area contributed by atoms with Crippen molar-refractivity contribution in [2.24, 2.45) is 0 Å². The third-order valence-electron chi connectivity index (χ3n) is 9.07. The van der Waals surface area contributed by atoms with Crippen molar-refractivity contribution in [2.75, 3.05) is 35.7 Å². The van der Waals surface area contributed by atoms with Crippen molar-refractivity contribution in [3.05, 3.63) is 108 Å². The summed E-state index contributed by atoms with van der Waals surface area (Å²) in [5, 5.41) is 7.09. The maximum absolute atomic E-state index is 4.80. The van der Waals surface area contributed by atoms with E-state index < -0.39 is 0 Å². The zero-order valence-electron chi connectivity index (χ0n) is 26.4. The van der Waals surface area contributed by atoms with E-state index in [-0.39, 0.29) is 0 Å². The van der Waals surface area contributed by atoms with Gasteiger partial charge in [-0.2, -0.15) is 0 Å². The highest BCUT2D eigenvalue weighted by Crippen LogP contribution is 2.34. The molecule has 3 N–H and O–H groups in total. The Balaban J connectivity index is 1.10. The van der Waals surface area contributed by atoms with Crippen LogP contribution in [0.1, 0.15) is 36.6 Å². The summed E-state index contributed by atoms with van der Waals surface area (Å²) in [5.41, 5.74) is 12.1. The number of hydrogen-bond donors (Lipinski definition) is 3. The summed E-state index contributed by atoms with van der Waals surface area (Å²) in [7, 11) is 2.28. The lowest BCUT2D eigenvalue weighted by Crippen LogP contribution is -2.52. The molecular formula is C37H40N8. The van der Waals surface area contributed by atoms with Crippen LogP contribution in [0.2, 0.25) is 0 Å². The summed E-state index contributed by atoms with van der Waals surface area (Å²) in [5.74, 6) is 0.732. The van der Waals surface area contributed by atoms with Crippen molar-refractivity contribution in [3.63, 3.8) is 0 Å². The second-order valence-electron chi connectivity index (χ2n) is 12.5. The van der Waals surface area contributed by atoms with Gasteiger partial charge in [-0.3, -0.25) is 14.9 Å². The minimum absolute atomic E-state index is 0.642. The first-order valence-electron chi connectivity index (χ1n) is 15.7. The molecule has 0 amide bonds. The first-order chi connectivity index (χ1) is 21.8. The van der Waals surface area contributed by atoms with Crippen molar-refractivity contribution in [3.8, 4) is 11.5 Å². The average molecular weight is 597 g/mol. The molecule has 2 bridgehead atoms. The maximum atomic E-state index is 4.80. The van der Waals surface area contributed by atoms with E-state index >= 15 is 0 Å². The SMILES string of the molecule is C=C(C)/C=C(/Nc1ccc(-c2nc3ccc(Nc4ccnc(C)c4)cc3[nH]2)nc1)c1cc(N2CC3CCC(C2)N3C)ccc1C. The van der Waals surface area contributed by atoms with Crippen LogP contribution in [0.25, 0.3) is 28.2 Å². The van der Waals surface area contributed by atoms with Gasteiger partial charge in [0, 0.05) is 65.4 Å². The molecule has 2 aliphatic rings. The smallest absolute Gasteiger partial charge is 0.157 e. The number of imidazole rings is 1. The fourth-order valence-electron chi connectivity index (χ4n) is 6.61. The number of piperazine rings is 1. The third-order valence-corrected chi connectivity index (χ3v) is 9.07. The number of nitrogens with one attached hydrogen (secondary N) is 3. The minimum Gasteiger partial charge on any atom is -0.368 e. The van der Waals surface area contributed by atoms with Crippen molar-refractivity contribution in [2.45, 2.75) is 45.7 Å². The molecule has 8 nitrogen and oxygen atoms in total. The second kappa shape index (κ2) is 11.9. The van der Waals surface area contributed by atoms with Crippen LogP contribution in [-0.4, -0.2) is 57.1 Å². The van der Waals surface area contributed by atoms with Crippen LogP contribution in [0.5, 0.6) is 0 Å². The Morgan fingerprint density at radius 2 is 1.71 bits per heavy atom. The summed E-state index contributed by atoms with van der Waals surface area (Å²) < 4.78 is 0. The lowest BCUT2D eigenvalue weighted by atomic mass is 10.0. The Morgan fingerprint density at radius 1 is 0.933 bits per heavy atom. The number of benzene rings is 2. The fourth-order valence-corrected chi connectivity index (χ4v) is 6.61. The van der Waals surface area contributed by atoms with E-state index in [0.717, 1.165) is 69.7 Å². The van der Waals surface area contributed by atoms with Gasteiger partial charge in [-0.1, -0.05) is 18.2 Å². The molecule has 2 saturated heterocycles. The predicted molar refractivity (Wildman–Crippen MR) is 186 cm³/mol. The molecule has 3 aromatic heterocycles. The van der Waals surface area contributed by atoms with Crippen LogP contribution in [0.3, 0.4) is 0 Å². The number of aromatic nitrogens is 4. The zero-order valence-corrected chi connectivity index (χ0v) is 26.4. The van der Waals surface area contributed by atoms with E-state index in [0.29, 0.717) is 12.1 Å². The molecule has 2 aliphatic heterocycles. The molecule has 0 spiro atoms. The number of hydrogen-bond acceptors (Lipinski definition) is 7. The van der Waals surface area contributed by atoms with Gasteiger partial charge in [0.15, 0.2) is 5.82 Å². The normalized spacial score (nSPS) is 18.4. The quantitative estimate of drug-likeness (QED) is 0.158. The molecule has 0 radical (unpaired) electrons. The standard InChI is InChI=1S/C37H40N8/c1-23(2)16-35(32-19-29(9-6-24(32)3)45-21-30-10-11-31(22-45)44(30)5)41-28-8-13-34(39-20-28)37-42-33-12-7-26(18-36(33)43-37)40-27-14-15-38-25(4)17-27/h6-9,12-20,30-31,41H,1,10-11,21-22H2,2-5H3,(H,38,40)(H,42,43)/b35-16+. The number of likely N-dealkylation sites (N-methyl/N-ethyl adjacent to an activating group) is 1. The summed E-state index contributed by atoms with van der Waals surface area (Å²) in [6.07, 6.45) is 8.37. The van der Waals surface area contributed by atoms with Crippen molar-refractivity contribution >= 4 is 39.5 Å². The number of pyridine rings is 2. The summed E-state index contributed by atoms with van der Waals surface area (Å²) in [6, 6.07) is 22.3. The van der Waals surface area contributed by atoms with Crippen molar-refractivity contribution in [1.29, 1.82) is 0 Å². The average Bonchev–Trinajstić information content (AvgIpc) is 3.51. The number of nitrogens with zero attached hydrogens (tertiary/aromatic N) is 5. The molecule has 7 rings (SSSR count). The van der Waals surface area contributed by atoms with Gasteiger partial charge in [-0.05, 0) is 107 Å². The number of H-pyrrole nitrogens is 1. The molecule has 0 saturated carbocycles. The fraction of sp³-hybridized carbons (Fsp3) is 0.270. The number of aryl methyl sites for hydroxylation is 2. The van der Waals surface area contributed by atoms with E-state index in [1.807, 2.05) is 56.6 Å². The molecule has 8 heteroatoms. The van der Waals surface area contributed by atoms with Gasteiger partial charge < -0.3 is 20.5 Å². The van der Waals surface area contributed by atoms with Crippen LogP contribution in [0.4, 0.5) is 22.7 Å². The highest BCUT2D eigenvalue weighted by molar-refractivity contribution is 5.84. The van der Waals surface area contributed by atoms with Gasteiger partial charge in [0.25, 0.3) is 0 Å². The number of fused-ring (bicyclic) bond motifs is 3. The molecule has 5 heterocycles. The van der Waals surface area contributed by atoms with Crippen LogP contribution in [0, 0.1) is 13.8 Å². The number of anilines is 4. The Hall–Kier alpha value is -4.95. The number of rotatable bonds is 8. The Kier molecular flexibility index (Phi) is 7.59. The van der Waals surface area contributed by atoms with Crippen LogP contribution in [-0.2, 0) is 0 Å². The van der Waals surface area contributed by atoms with E-state index in [2.05, 4.69) is 87.4 Å². The van der Waals surface area contributed by atoms with Gasteiger partial charge in [-0.25, -0.2) is 4.98 Å². The van der Waals surface area contributed by atoms with Gasteiger partial charge >= 0.3 is 0 Å². The van der Waals surface area contributed by atoms with Gasteiger partial charge in [-0.15, -0.1) is 0 Å². The molecular weight excluding hydrogens is 556 g/mol. The lowest BCUT2D eigenvalue weighted by molar-refractivity contribution is 0.212. The van der Waals surface area contributed by atoms with Crippen molar-refractivity contribution in [1.82, 2.24) is 24.8 Å². The largest absolute Gasteiger partial charge is 0.368 e. The summed E-state index contributed by atoms with van der Waals surface area (Å²) >= 11 is 0. The van der Waals surface area contributed by atoms with Crippen LogP contribution in [0.15, 0.2) is 91.3 Å². The van der Waals surface area contributed by atoms with Crippen LogP contribution < -0.4 is 15.5 Å². The number of allylic oxidation sites excluding steroid dienone is 2. The zero-order chi connectivity index (χ0) is 31.1. The minimum atomic E-state index is 0.642. The molecule has 2 atom stereocenters. The predicted octanol–water partition coefficient (Wildman–Crippen LogP) is 7.69. The summed E-state index contributed by atoms with van der Waals surface area (Å²) in [4.78, 5) is 22.4. The maximum Gasteiger partial charge on any atom is 0.157 e. The highest BCUT2D eigenvalue weighted by Gasteiger charge is 2.37. The molecule has 5 aromatic rings. The molecule has 2 aromatic carbocycles. The van der Waals surface area contributed by atoms with E-state index in [9.17, 15) is 0 Å². The molecule has 2 unspecified atom stereocenters. The van der Waals surface area contributed by atoms with E-state index in [1.165, 1.54) is 29.7 Å². The molecule has 228 valence electrons. The molecule has 0 aliphatic carbocycles. The Morgan fingerprint density at radius 3 is 2.44 bits per heavy atom. The van der Waals surface area contributed by atoms with Crippen LogP contribution >= 0.6 is 0 Å². The van der Waals surface area contributed by atoms with Crippen molar-refractivity contribution < 1.29 is 0 Å². The third kappa shape index (κ3) is 6.06. The summed E-state index contributed by atoms with van der Waals surface area (Å²) in [6.45, 7) is 12.5. The first kappa shape index (κ1) is 28.8. The topological polar surface area (TPSA) is 85.0 Å². The molecule has 45 heavy (non-hydrogen) atoms. The van der Waals surface area contributed by atoms with Gasteiger partial charge in [0.1, 0.15) is 5.69 Å². The van der Waals surface area contributed by atoms with E-state index in [4.69, 9.17) is 9.97 Å². The lowest BCUT2D eigenvalue weighted by Gasteiger charge is -2.40. The second-order valence-corrected chi connectivity index (χ2v) is 12.5. The Labute approximate surface area is 264 Å². The monoisotopic (exact) mass is 596 g/mol. The highest BCUT2D eigenvalue weighted by atomic mass is 15.3. The van der Waals surface area contributed by atoms with Gasteiger partial charge in [0.2, 0.25) is 0 Å². The van der Waals surface area contributed by atoms with E-state index in [1.54, 1.807) is 0 Å².